The Morgan fingerprint density at radius 3 is 2.38 bits per heavy atom. The van der Waals surface area contributed by atoms with Crippen molar-refractivity contribution in [1.82, 2.24) is 5.32 Å². The van der Waals surface area contributed by atoms with E-state index in [1.54, 1.807) is 7.11 Å². The van der Waals surface area contributed by atoms with Gasteiger partial charge in [0.25, 0.3) is 0 Å². The van der Waals surface area contributed by atoms with Crippen molar-refractivity contribution < 1.29 is 4.74 Å². The molecule has 2 heteroatoms. The van der Waals surface area contributed by atoms with Crippen molar-refractivity contribution in [2.45, 2.75) is 58.9 Å². The molecule has 1 N–H and O–H groups in total. The summed E-state index contributed by atoms with van der Waals surface area (Å²) in [6, 6.07) is 0.615. The second kappa shape index (κ2) is 6.61. The Morgan fingerprint density at radius 1 is 1.31 bits per heavy atom. The van der Waals surface area contributed by atoms with Crippen molar-refractivity contribution in [2.75, 3.05) is 20.3 Å². The lowest BCUT2D eigenvalue weighted by Crippen LogP contribution is -2.45. The molecule has 1 fully saturated rings. The van der Waals surface area contributed by atoms with Crippen LogP contribution in [0, 0.1) is 11.3 Å². The van der Waals surface area contributed by atoms with Crippen LogP contribution in [0.4, 0.5) is 0 Å². The van der Waals surface area contributed by atoms with Gasteiger partial charge in [-0.2, -0.15) is 0 Å². The Bertz CT molecular complexity index is 182. The maximum atomic E-state index is 5.18. The van der Waals surface area contributed by atoms with E-state index in [0.29, 0.717) is 17.4 Å². The lowest BCUT2D eigenvalue weighted by Gasteiger charge is -2.43. The topological polar surface area (TPSA) is 21.3 Å². The van der Waals surface area contributed by atoms with Gasteiger partial charge in [0.1, 0.15) is 0 Å². The van der Waals surface area contributed by atoms with Crippen LogP contribution >= 0.6 is 0 Å². The third-order valence-corrected chi connectivity index (χ3v) is 4.34. The molecule has 2 nitrogen and oxygen atoms in total. The number of nitrogens with one attached hydrogen (secondary N) is 1. The van der Waals surface area contributed by atoms with Crippen LogP contribution in [0.3, 0.4) is 0 Å². The normalized spacial score (nSPS) is 20.8. The predicted octanol–water partition coefficient (Wildman–Crippen LogP) is 3.22. The molecule has 1 atom stereocenters. The van der Waals surface area contributed by atoms with E-state index in [9.17, 15) is 0 Å². The van der Waals surface area contributed by atoms with Crippen LogP contribution in [-0.2, 0) is 4.74 Å². The van der Waals surface area contributed by atoms with Crippen LogP contribution in [-0.4, -0.2) is 26.3 Å². The molecule has 96 valence electrons. The Labute approximate surface area is 101 Å². The lowest BCUT2D eigenvalue weighted by atomic mass is 9.67. The van der Waals surface area contributed by atoms with Gasteiger partial charge in [0.15, 0.2) is 0 Å². The summed E-state index contributed by atoms with van der Waals surface area (Å²) in [6.07, 6.45) is 6.74. The van der Waals surface area contributed by atoms with Crippen molar-refractivity contribution in [3.8, 4) is 0 Å². The van der Waals surface area contributed by atoms with E-state index in [1.165, 1.54) is 32.2 Å². The van der Waals surface area contributed by atoms with Crippen LogP contribution < -0.4 is 5.32 Å². The molecule has 0 aromatic carbocycles. The van der Waals surface area contributed by atoms with Gasteiger partial charge in [0.05, 0.1) is 0 Å². The van der Waals surface area contributed by atoms with Crippen LogP contribution in [0.2, 0.25) is 0 Å². The minimum atomic E-state index is 0.615. The second-order valence-corrected chi connectivity index (χ2v) is 5.72. The first-order valence-electron chi connectivity index (χ1n) is 6.86. The lowest BCUT2D eigenvalue weighted by molar-refractivity contribution is 0.108. The second-order valence-electron chi connectivity index (χ2n) is 5.72. The minimum Gasteiger partial charge on any atom is -0.385 e. The molecule has 1 aliphatic carbocycles. The molecule has 1 rings (SSSR count). The highest BCUT2D eigenvalue weighted by molar-refractivity contribution is 4.89. The van der Waals surface area contributed by atoms with E-state index in [4.69, 9.17) is 4.74 Å². The first-order valence-corrected chi connectivity index (χ1v) is 6.86. The zero-order chi connectivity index (χ0) is 12.0. The van der Waals surface area contributed by atoms with Crippen LogP contribution in [0.5, 0.6) is 0 Å². The van der Waals surface area contributed by atoms with Crippen molar-refractivity contribution in [1.29, 1.82) is 0 Å². The fourth-order valence-corrected chi connectivity index (χ4v) is 2.60. The van der Waals surface area contributed by atoms with Gasteiger partial charge in [0.2, 0.25) is 0 Å². The fourth-order valence-electron chi connectivity index (χ4n) is 2.60. The SMILES string of the molecule is CCC1(CNC(CCOC)C(C)C)CCC1. The number of hydrogen-bond donors (Lipinski definition) is 1. The van der Waals surface area contributed by atoms with Gasteiger partial charge in [-0.25, -0.2) is 0 Å². The van der Waals surface area contributed by atoms with Gasteiger partial charge in [-0.3, -0.25) is 0 Å². The minimum absolute atomic E-state index is 0.615. The Morgan fingerprint density at radius 2 is 2.00 bits per heavy atom. The van der Waals surface area contributed by atoms with Gasteiger partial charge in [-0.15, -0.1) is 0 Å². The summed E-state index contributed by atoms with van der Waals surface area (Å²) in [5, 5.41) is 3.77. The molecule has 0 aliphatic heterocycles. The zero-order valence-electron chi connectivity index (χ0n) is 11.5. The van der Waals surface area contributed by atoms with E-state index in [2.05, 4.69) is 26.1 Å². The molecule has 0 heterocycles. The van der Waals surface area contributed by atoms with Gasteiger partial charge in [-0.1, -0.05) is 27.2 Å². The fraction of sp³-hybridized carbons (Fsp3) is 1.00. The van der Waals surface area contributed by atoms with Gasteiger partial charge in [0, 0.05) is 26.3 Å². The molecule has 0 spiro atoms. The van der Waals surface area contributed by atoms with Crippen LogP contribution in [0.25, 0.3) is 0 Å². The smallest absolute Gasteiger partial charge is 0.0477 e. The van der Waals surface area contributed by atoms with Crippen LogP contribution in [0.15, 0.2) is 0 Å². The molecular formula is C14H29NO. The van der Waals surface area contributed by atoms with Gasteiger partial charge >= 0.3 is 0 Å². The highest BCUT2D eigenvalue weighted by Crippen LogP contribution is 2.43. The molecular weight excluding hydrogens is 198 g/mol. The third kappa shape index (κ3) is 3.74. The van der Waals surface area contributed by atoms with Crippen molar-refractivity contribution in [3.05, 3.63) is 0 Å². The van der Waals surface area contributed by atoms with E-state index >= 15 is 0 Å². The predicted molar refractivity (Wildman–Crippen MR) is 69.7 cm³/mol. The summed E-state index contributed by atoms with van der Waals surface area (Å²) in [5.74, 6) is 0.698. The molecule has 0 radical (unpaired) electrons. The third-order valence-electron chi connectivity index (χ3n) is 4.34. The quantitative estimate of drug-likeness (QED) is 0.687. The average molecular weight is 227 g/mol. The molecule has 1 aliphatic rings. The molecule has 0 bridgehead atoms. The summed E-state index contributed by atoms with van der Waals surface area (Å²) >= 11 is 0. The van der Waals surface area contributed by atoms with E-state index in [1.807, 2.05) is 0 Å². The number of ether oxygens (including phenoxy) is 1. The first kappa shape index (κ1) is 14.0. The van der Waals surface area contributed by atoms with E-state index in [-0.39, 0.29) is 0 Å². The summed E-state index contributed by atoms with van der Waals surface area (Å²) in [5.41, 5.74) is 0.625. The average Bonchev–Trinajstić information content (AvgIpc) is 2.20. The van der Waals surface area contributed by atoms with E-state index in [0.717, 1.165) is 13.0 Å². The summed E-state index contributed by atoms with van der Waals surface area (Å²) in [7, 11) is 1.79. The summed E-state index contributed by atoms with van der Waals surface area (Å²) < 4.78 is 5.18. The van der Waals surface area contributed by atoms with E-state index < -0.39 is 0 Å². The molecule has 0 saturated heterocycles. The maximum absolute atomic E-state index is 5.18. The van der Waals surface area contributed by atoms with Crippen molar-refractivity contribution >= 4 is 0 Å². The first-order chi connectivity index (χ1) is 7.63. The molecule has 16 heavy (non-hydrogen) atoms. The standard InChI is InChI=1S/C14H29NO/c1-5-14(8-6-9-14)11-15-13(12(2)3)7-10-16-4/h12-13,15H,5-11H2,1-4H3. The van der Waals surface area contributed by atoms with Gasteiger partial charge < -0.3 is 10.1 Å². The Hall–Kier alpha value is -0.0800. The zero-order valence-corrected chi connectivity index (χ0v) is 11.5. The largest absolute Gasteiger partial charge is 0.385 e. The monoisotopic (exact) mass is 227 g/mol. The summed E-state index contributed by atoms with van der Waals surface area (Å²) in [4.78, 5) is 0. The van der Waals surface area contributed by atoms with Crippen molar-refractivity contribution in [2.24, 2.45) is 11.3 Å². The van der Waals surface area contributed by atoms with Crippen LogP contribution in [0.1, 0.15) is 52.9 Å². The number of hydrogen-bond acceptors (Lipinski definition) is 2. The molecule has 1 unspecified atom stereocenters. The molecule has 0 aromatic heterocycles. The summed E-state index contributed by atoms with van der Waals surface area (Å²) in [6.45, 7) is 9.00. The highest BCUT2D eigenvalue weighted by Gasteiger charge is 2.35. The van der Waals surface area contributed by atoms with Crippen molar-refractivity contribution in [3.63, 3.8) is 0 Å². The molecule has 0 aromatic rings. The maximum Gasteiger partial charge on any atom is 0.0477 e. The number of methoxy groups -OCH3 is 1. The highest BCUT2D eigenvalue weighted by atomic mass is 16.5. The Kier molecular flexibility index (Phi) is 5.77. The molecule has 1 saturated carbocycles. The number of rotatable bonds is 8. The van der Waals surface area contributed by atoms with Gasteiger partial charge in [-0.05, 0) is 37.0 Å². The molecule has 0 amide bonds. The Balaban J connectivity index is 2.31.